The molecule has 0 spiro atoms. The van der Waals surface area contributed by atoms with E-state index in [1.165, 1.54) is 10.9 Å². The van der Waals surface area contributed by atoms with Gasteiger partial charge in [0.1, 0.15) is 0 Å². The smallest absolute Gasteiger partial charge is 0.251 e. The van der Waals surface area contributed by atoms with Crippen molar-refractivity contribution >= 4 is 16.8 Å². The number of carbonyl (C=O) groups is 1. The summed E-state index contributed by atoms with van der Waals surface area (Å²) in [6, 6.07) is 8.01. The number of hydrazine groups is 1. The van der Waals surface area contributed by atoms with Crippen LogP contribution in [0.3, 0.4) is 0 Å². The van der Waals surface area contributed by atoms with Crippen molar-refractivity contribution in [1.82, 2.24) is 15.7 Å². The fourth-order valence-corrected chi connectivity index (χ4v) is 2.73. The van der Waals surface area contributed by atoms with E-state index in [0.717, 1.165) is 11.2 Å². The van der Waals surface area contributed by atoms with E-state index in [1.807, 2.05) is 19.1 Å². The SMILES string of the molecule is C[C@H]1NC(C(=O)NN)Cc2c1[nH]c1ccccc21. The van der Waals surface area contributed by atoms with Crippen molar-refractivity contribution in [3.63, 3.8) is 0 Å². The quantitative estimate of drug-likeness (QED) is 0.339. The Morgan fingerprint density at radius 3 is 3.00 bits per heavy atom. The normalized spacial score (nSPS) is 22.8. The molecule has 5 heteroatoms. The molecule has 0 radical (unpaired) electrons. The van der Waals surface area contributed by atoms with Crippen LogP contribution in [0, 0.1) is 0 Å². The van der Waals surface area contributed by atoms with Gasteiger partial charge in [-0.15, -0.1) is 0 Å². The van der Waals surface area contributed by atoms with Gasteiger partial charge in [0.25, 0.3) is 5.91 Å². The van der Waals surface area contributed by atoms with Gasteiger partial charge in [-0.1, -0.05) is 18.2 Å². The van der Waals surface area contributed by atoms with Crippen LogP contribution in [0.1, 0.15) is 24.2 Å². The Labute approximate surface area is 105 Å². The van der Waals surface area contributed by atoms with Crippen LogP contribution in [0.2, 0.25) is 0 Å². The van der Waals surface area contributed by atoms with Crippen LogP contribution in [0.4, 0.5) is 0 Å². The molecule has 5 nitrogen and oxygen atoms in total. The van der Waals surface area contributed by atoms with Gasteiger partial charge in [-0.2, -0.15) is 0 Å². The average molecular weight is 244 g/mol. The number of aromatic nitrogens is 1. The molecule has 18 heavy (non-hydrogen) atoms. The minimum atomic E-state index is -0.267. The third-order valence-corrected chi connectivity index (χ3v) is 3.60. The van der Waals surface area contributed by atoms with Crippen LogP contribution in [0.5, 0.6) is 0 Å². The van der Waals surface area contributed by atoms with Crippen molar-refractivity contribution in [2.45, 2.75) is 25.4 Å². The Morgan fingerprint density at radius 1 is 1.44 bits per heavy atom. The Morgan fingerprint density at radius 2 is 2.22 bits per heavy atom. The molecular weight excluding hydrogens is 228 g/mol. The van der Waals surface area contributed by atoms with E-state index < -0.39 is 0 Å². The lowest BCUT2D eigenvalue weighted by molar-refractivity contribution is -0.123. The first-order valence-electron chi connectivity index (χ1n) is 6.06. The van der Waals surface area contributed by atoms with Crippen LogP contribution in [0.25, 0.3) is 10.9 Å². The summed E-state index contributed by atoms with van der Waals surface area (Å²) in [7, 11) is 0. The van der Waals surface area contributed by atoms with E-state index in [2.05, 4.69) is 27.9 Å². The summed E-state index contributed by atoms with van der Waals surface area (Å²) in [6.07, 6.45) is 0.659. The summed E-state index contributed by atoms with van der Waals surface area (Å²) < 4.78 is 0. The Balaban J connectivity index is 2.09. The number of nitrogens with two attached hydrogens (primary N) is 1. The third-order valence-electron chi connectivity index (χ3n) is 3.60. The first-order valence-corrected chi connectivity index (χ1v) is 6.06. The number of fused-ring (bicyclic) bond motifs is 3. The zero-order chi connectivity index (χ0) is 12.7. The average Bonchev–Trinajstić information content (AvgIpc) is 2.77. The molecule has 0 bridgehead atoms. The number of rotatable bonds is 1. The Kier molecular flexibility index (Phi) is 2.57. The highest BCUT2D eigenvalue weighted by Crippen LogP contribution is 2.31. The highest BCUT2D eigenvalue weighted by atomic mass is 16.2. The topological polar surface area (TPSA) is 82.9 Å². The largest absolute Gasteiger partial charge is 0.357 e. The molecule has 2 heterocycles. The second kappa shape index (κ2) is 4.12. The zero-order valence-electron chi connectivity index (χ0n) is 10.2. The highest BCUT2D eigenvalue weighted by molar-refractivity contribution is 5.88. The van der Waals surface area contributed by atoms with Gasteiger partial charge in [0.05, 0.1) is 6.04 Å². The van der Waals surface area contributed by atoms with Crippen molar-refractivity contribution in [1.29, 1.82) is 0 Å². The predicted octanol–water partition coefficient (Wildman–Crippen LogP) is 0.733. The predicted molar refractivity (Wildman–Crippen MR) is 69.7 cm³/mol. The number of benzene rings is 1. The maximum atomic E-state index is 11.7. The van der Waals surface area contributed by atoms with Gasteiger partial charge < -0.3 is 4.98 Å². The highest BCUT2D eigenvalue weighted by Gasteiger charge is 2.30. The lowest BCUT2D eigenvalue weighted by Gasteiger charge is -2.27. The fraction of sp³-hybridized carbons (Fsp3) is 0.308. The fourth-order valence-electron chi connectivity index (χ4n) is 2.73. The zero-order valence-corrected chi connectivity index (χ0v) is 10.2. The Hall–Kier alpha value is -1.85. The van der Waals surface area contributed by atoms with E-state index in [4.69, 9.17) is 5.84 Å². The minimum Gasteiger partial charge on any atom is -0.357 e. The molecule has 1 aliphatic heterocycles. The lowest BCUT2D eigenvalue weighted by Crippen LogP contribution is -2.50. The number of hydrogen-bond donors (Lipinski definition) is 4. The molecule has 0 saturated heterocycles. The lowest BCUT2D eigenvalue weighted by atomic mass is 9.94. The van der Waals surface area contributed by atoms with E-state index in [-0.39, 0.29) is 18.0 Å². The molecule has 3 rings (SSSR count). The van der Waals surface area contributed by atoms with E-state index in [9.17, 15) is 4.79 Å². The molecule has 0 fully saturated rings. The van der Waals surface area contributed by atoms with Crippen molar-refractivity contribution in [2.24, 2.45) is 5.84 Å². The van der Waals surface area contributed by atoms with Crippen LogP contribution >= 0.6 is 0 Å². The van der Waals surface area contributed by atoms with Crippen LogP contribution < -0.4 is 16.6 Å². The number of amides is 1. The van der Waals surface area contributed by atoms with Gasteiger partial charge in [0, 0.05) is 22.6 Å². The number of para-hydroxylation sites is 1. The van der Waals surface area contributed by atoms with Gasteiger partial charge in [-0.05, 0) is 25.0 Å². The number of aromatic amines is 1. The summed E-state index contributed by atoms with van der Waals surface area (Å²) in [5.74, 6) is 5.04. The number of hydrogen-bond acceptors (Lipinski definition) is 3. The van der Waals surface area contributed by atoms with Crippen molar-refractivity contribution in [2.75, 3.05) is 0 Å². The minimum absolute atomic E-state index is 0.114. The summed E-state index contributed by atoms with van der Waals surface area (Å²) >= 11 is 0. The van der Waals surface area contributed by atoms with E-state index in [0.29, 0.717) is 6.42 Å². The number of nitrogens with one attached hydrogen (secondary N) is 3. The van der Waals surface area contributed by atoms with Gasteiger partial charge in [0.15, 0.2) is 0 Å². The number of carbonyl (C=O) groups excluding carboxylic acids is 1. The van der Waals surface area contributed by atoms with Crippen molar-refractivity contribution in [3.8, 4) is 0 Å². The van der Waals surface area contributed by atoms with Gasteiger partial charge in [0.2, 0.25) is 0 Å². The van der Waals surface area contributed by atoms with Gasteiger partial charge in [-0.3, -0.25) is 15.5 Å². The molecule has 0 aliphatic carbocycles. The summed E-state index contributed by atoms with van der Waals surface area (Å²) in [5, 5.41) is 4.45. The molecule has 1 aliphatic rings. The molecule has 1 amide bonds. The molecule has 1 unspecified atom stereocenters. The van der Waals surface area contributed by atoms with Gasteiger partial charge >= 0.3 is 0 Å². The first-order chi connectivity index (χ1) is 8.70. The summed E-state index contributed by atoms with van der Waals surface area (Å²) in [6.45, 7) is 2.05. The maximum absolute atomic E-state index is 11.7. The van der Waals surface area contributed by atoms with Crippen molar-refractivity contribution < 1.29 is 4.79 Å². The molecule has 5 N–H and O–H groups in total. The molecular formula is C13H16N4O. The van der Waals surface area contributed by atoms with Crippen molar-refractivity contribution in [3.05, 3.63) is 35.5 Å². The third kappa shape index (κ3) is 1.60. The maximum Gasteiger partial charge on any atom is 0.251 e. The van der Waals surface area contributed by atoms with E-state index in [1.54, 1.807) is 0 Å². The van der Waals surface area contributed by atoms with Crippen LogP contribution in [-0.2, 0) is 11.2 Å². The molecule has 1 aromatic heterocycles. The second-order valence-electron chi connectivity index (χ2n) is 4.72. The van der Waals surface area contributed by atoms with Crippen LogP contribution in [-0.4, -0.2) is 16.9 Å². The van der Waals surface area contributed by atoms with E-state index >= 15 is 0 Å². The molecule has 2 aromatic rings. The molecule has 94 valence electrons. The van der Waals surface area contributed by atoms with Crippen LogP contribution in [0.15, 0.2) is 24.3 Å². The first kappa shape index (κ1) is 11.3. The molecule has 1 aromatic carbocycles. The standard InChI is InChI=1S/C13H16N4O/c1-7-12-9(6-11(15-7)13(18)17-14)8-4-2-3-5-10(8)16-12/h2-5,7,11,15-16H,6,14H2,1H3,(H,17,18)/t7-,11?/m1/s1. The monoisotopic (exact) mass is 244 g/mol. The van der Waals surface area contributed by atoms with Gasteiger partial charge in [-0.25, -0.2) is 5.84 Å². The number of H-pyrrole nitrogens is 1. The molecule has 2 atom stereocenters. The second-order valence-corrected chi connectivity index (χ2v) is 4.72. The summed E-state index contributed by atoms with van der Waals surface area (Å²) in [5.41, 5.74) is 5.71. The Bertz CT molecular complexity index is 604. The molecule has 0 saturated carbocycles. The summed E-state index contributed by atoms with van der Waals surface area (Å²) in [4.78, 5) is 15.1.